The lowest BCUT2D eigenvalue weighted by atomic mass is 10.1. The number of benzene rings is 1. The summed E-state index contributed by atoms with van der Waals surface area (Å²) in [5.74, 6) is 2.15. The minimum absolute atomic E-state index is 0.114. The van der Waals surface area contributed by atoms with Crippen molar-refractivity contribution in [3.63, 3.8) is 0 Å². The highest BCUT2D eigenvalue weighted by Gasteiger charge is 2.10. The SMILES string of the molecule is COc1cccc2c(NCC(N)C(C)C)nccc12. The van der Waals surface area contributed by atoms with Gasteiger partial charge in [-0.15, -0.1) is 0 Å². The highest BCUT2D eigenvalue weighted by molar-refractivity contribution is 5.95. The predicted octanol–water partition coefficient (Wildman–Crippen LogP) is 2.64. The number of rotatable bonds is 5. The molecule has 1 heterocycles. The van der Waals surface area contributed by atoms with Crippen molar-refractivity contribution in [2.24, 2.45) is 11.7 Å². The molecular weight excluding hydrogens is 238 g/mol. The molecule has 0 saturated carbocycles. The van der Waals surface area contributed by atoms with E-state index >= 15 is 0 Å². The lowest BCUT2D eigenvalue weighted by molar-refractivity contribution is 0.420. The topological polar surface area (TPSA) is 60.2 Å². The number of fused-ring (bicyclic) bond motifs is 1. The molecule has 0 aliphatic rings. The molecule has 4 heteroatoms. The third-order valence-electron chi connectivity index (χ3n) is 3.35. The Balaban J connectivity index is 2.29. The maximum atomic E-state index is 6.05. The van der Waals surface area contributed by atoms with E-state index in [9.17, 15) is 0 Å². The Bertz CT molecular complexity index is 554. The molecule has 0 spiro atoms. The van der Waals surface area contributed by atoms with E-state index in [1.807, 2.05) is 24.3 Å². The molecule has 4 nitrogen and oxygen atoms in total. The van der Waals surface area contributed by atoms with Crippen LogP contribution in [0.25, 0.3) is 10.8 Å². The van der Waals surface area contributed by atoms with Gasteiger partial charge in [-0.05, 0) is 18.1 Å². The molecule has 0 aliphatic carbocycles. The van der Waals surface area contributed by atoms with Crippen LogP contribution in [0.5, 0.6) is 5.75 Å². The van der Waals surface area contributed by atoms with Crippen molar-refractivity contribution in [3.05, 3.63) is 30.5 Å². The number of anilines is 1. The number of hydrogen-bond donors (Lipinski definition) is 2. The van der Waals surface area contributed by atoms with Gasteiger partial charge in [-0.25, -0.2) is 4.98 Å². The lowest BCUT2D eigenvalue weighted by Crippen LogP contribution is -2.34. The van der Waals surface area contributed by atoms with Crippen molar-refractivity contribution < 1.29 is 4.74 Å². The maximum Gasteiger partial charge on any atom is 0.134 e. The van der Waals surface area contributed by atoms with Gasteiger partial charge in [-0.1, -0.05) is 26.0 Å². The second-order valence-corrected chi connectivity index (χ2v) is 5.00. The Morgan fingerprint density at radius 3 is 2.74 bits per heavy atom. The van der Waals surface area contributed by atoms with Crippen LogP contribution >= 0.6 is 0 Å². The molecule has 0 aliphatic heterocycles. The van der Waals surface area contributed by atoms with Crippen LogP contribution in [0, 0.1) is 5.92 Å². The lowest BCUT2D eigenvalue weighted by Gasteiger charge is -2.17. The number of nitrogens with one attached hydrogen (secondary N) is 1. The van der Waals surface area contributed by atoms with Crippen LogP contribution in [0.2, 0.25) is 0 Å². The average molecular weight is 259 g/mol. The minimum atomic E-state index is 0.114. The van der Waals surface area contributed by atoms with Crippen LogP contribution in [0.15, 0.2) is 30.5 Å². The summed E-state index contributed by atoms with van der Waals surface area (Å²) >= 11 is 0. The first-order chi connectivity index (χ1) is 9.13. The molecular formula is C15H21N3O. The van der Waals surface area contributed by atoms with Gasteiger partial charge in [0, 0.05) is 29.6 Å². The summed E-state index contributed by atoms with van der Waals surface area (Å²) < 4.78 is 5.37. The first-order valence-corrected chi connectivity index (χ1v) is 6.54. The maximum absolute atomic E-state index is 6.05. The average Bonchev–Trinajstić information content (AvgIpc) is 2.43. The fraction of sp³-hybridized carbons (Fsp3) is 0.400. The summed E-state index contributed by atoms with van der Waals surface area (Å²) in [6.07, 6.45) is 1.79. The Morgan fingerprint density at radius 2 is 2.05 bits per heavy atom. The van der Waals surface area contributed by atoms with Gasteiger partial charge in [0.05, 0.1) is 7.11 Å². The van der Waals surface area contributed by atoms with Crippen molar-refractivity contribution >= 4 is 16.6 Å². The van der Waals surface area contributed by atoms with Crippen LogP contribution < -0.4 is 15.8 Å². The van der Waals surface area contributed by atoms with Crippen molar-refractivity contribution in [2.75, 3.05) is 19.0 Å². The number of nitrogens with zero attached hydrogens (tertiary/aromatic N) is 1. The van der Waals surface area contributed by atoms with Crippen molar-refractivity contribution in [3.8, 4) is 5.75 Å². The van der Waals surface area contributed by atoms with Crippen LogP contribution in [-0.4, -0.2) is 24.7 Å². The van der Waals surface area contributed by atoms with E-state index in [0.717, 1.165) is 22.3 Å². The zero-order chi connectivity index (χ0) is 13.8. The molecule has 19 heavy (non-hydrogen) atoms. The number of nitrogens with two attached hydrogens (primary N) is 1. The van der Waals surface area contributed by atoms with E-state index in [4.69, 9.17) is 10.5 Å². The quantitative estimate of drug-likeness (QED) is 0.866. The predicted molar refractivity (Wildman–Crippen MR) is 79.6 cm³/mol. The zero-order valence-electron chi connectivity index (χ0n) is 11.7. The Labute approximate surface area is 114 Å². The van der Waals surface area contributed by atoms with E-state index in [1.165, 1.54) is 0 Å². The molecule has 0 fully saturated rings. The molecule has 1 aromatic heterocycles. The summed E-state index contributed by atoms with van der Waals surface area (Å²) in [5, 5.41) is 5.44. The second-order valence-electron chi connectivity index (χ2n) is 5.00. The second kappa shape index (κ2) is 5.89. The monoisotopic (exact) mass is 259 g/mol. The van der Waals surface area contributed by atoms with Crippen molar-refractivity contribution in [1.29, 1.82) is 0 Å². The largest absolute Gasteiger partial charge is 0.496 e. The minimum Gasteiger partial charge on any atom is -0.496 e. The molecule has 0 amide bonds. The number of pyridine rings is 1. The van der Waals surface area contributed by atoms with Crippen molar-refractivity contribution in [1.82, 2.24) is 4.98 Å². The molecule has 3 N–H and O–H groups in total. The number of ether oxygens (including phenoxy) is 1. The molecule has 0 radical (unpaired) electrons. The third-order valence-corrected chi connectivity index (χ3v) is 3.35. The highest BCUT2D eigenvalue weighted by atomic mass is 16.5. The normalized spacial score (nSPS) is 12.7. The van der Waals surface area contributed by atoms with E-state index in [-0.39, 0.29) is 6.04 Å². The molecule has 2 aromatic rings. The fourth-order valence-electron chi connectivity index (χ4n) is 1.95. The smallest absolute Gasteiger partial charge is 0.134 e. The van der Waals surface area contributed by atoms with Gasteiger partial charge in [0.2, 0.25) is 0 Å². The first kappa shape index (κ1) is 13.6. The van der Waals surface area contributed by atoms with Crippen molar-refractivity contribution in [2.45, 2.75) is 19.9 Å². The molecule has 0 bridgehead atoms. The fourth-order valence-corrected chi connectivity index (χ4v) is 1.95. The van der Waals surface area contributed by atoms with Gasteiger partial charge in [-0.3, -0.25) is 0 Å². The molecule has 102 valence electrons. The molecule has 2 rings (SSSR count). The van der Waals surface area contributed by atoms with E-state index < -0.39 is 0 Å². The van der Waals surface area contributed by atoms with Crippen LogP contribution in [0.3, 0.4) is 0 Å². The standard InChI is InChI=1S/C15H21N3O/c1-10(2)13(16)9-18-15-12-5-4-6-14(19-3)11(12)7-8-17-15/h4-8,10,13H,9,16H2,1-3H3,(H,17,18). The summed E-state index contributed by atoms with van der Waals surface area (Å²) in [6, 6.07) is 8.03. The third kappa shape index (κ3) is 2.96. The molecule has 1 unspecified atom stereocenters. The summed E-state index contributed by atoms with van der Waals surface area (Å²) in [7, 11) is 1.68. The number of hydrogen-bond acceptors (Lipinski definition) is 4. The summed E-state index contributed by atoms with van der Waals surface area (Å²) in [4.78, 5) is 4.39. The molecule has 1 aromatic carbocycles. The highest BCUT2D eigenvalue weighted by Crippen LogP contribution is 2.28. The zero-order valence-corrected chi connectivity index (χ0v) is 11.7. The first-order valence-electron chi connectivity index (χ1n) is 6.54. The van der Waals surface area contributed by atoms with E-state index in [2.05, 4.69) is 24.1 Å². The summed E-state index contributed by atoms with van der Waals surface area (Å²) in [5.41, 5.74) is 6.05. The Morgan fingerprint density at radius 1 is 1.26 bits per heavy atom. The number of aromatic nitrogens is 1. The molecule has 0 saturated heterocycles. The van der Waals surface area contributed by atoms with Gasteiger partial charge in [-0.2, -0.15) is 0 Å². The van der Waals surface area contributed by atoms with Gasteiger partial charge >= 0.3 is 0 Å². The van der Waals surface area contributed by atoms with E-state index in [1.54, 1.807) is 13.3 Å². The Kier molecular flexibility index (Phi) is 4.22. The van der Waals surface area contributed by atoms with Gasteiger partial charge < -0.3 is 15.8 Å². The van der Waals surface area contributed by atoms with Crippen LogP contribution in [-0.2, 0) is 0 Å². The van der Waals surface area contributed by atoms with Gasteiger partial charge in [0.1, 0.15) is 11.6 Å². The van der Waals surface area contributed by atoms with Crippen LogP contribution in [0.1, 0.15) is 13.8 Å². The van der Waals surface area contributed by atoms with Gasteiger partial charge in [0.15, 0.2) is 0 Å². The summed E-state index contributed by atoms with van der Waals surface area (Å²) in [6.45, 7) is 4.94. The van der Waals surface area contributed by atoms with E-state index in [0.29, 0.717) is 12.5 Å². The van der Waals surface area contributed by atoms with Gasteiger partial charge in [0.25, 0.3) is 0 Å². The molecule has 1 atom stereocenters. The van der Waals surface area contributed by atoms with Crippen LogP contribution in [0.4, 0.5) is 5.82 Å². The number of methoxy groups -OCH3 is 1. The Hall–Kier alpha value is -1.81.